The molecule has 0 aliphatic heterocycles. The molecular weight excluding hydrogens is 485 g/mol. The van der Waals surface area contributed by atoms with Crippen molar-refractivity contribution in [3.05, 3.63) is 51.1 Å². The maximum absolute atomic E-state index is 14.1. The molecule has 0 saturated carbocycles. The number of primary amides is 1. The molecule has 1 atom stereocenters. The van der Waals surface area contributed by atoms with E-state index in [9.17, 15) is 23.8 Å². The summed E-state index contributed by atoms with van der Waals surface area (Å²) in [7, 11) is 0. The van der Waals surface area contributed by atoms with Gasteiger partial charge in [-0.1, -0.05) is 0 Å². The normalized spacial score (nSPS) is 12.5. The summed E-state index contributed by atoms with van der Waals surface area (Å²) >= 11 is 1.95. The van der Waals surface area contributed by atoms with Crippen LogP contribution in [0, 0.1) is 15.2 Å². The Morgan fingerprint density at radius 2 is 1.96 bits per heavy atom. The molecule has 1 amide bonds. The first-order chi connectivity index (χ1) is 13.0. The fourth-order valence-corrected chi connectivity index (χ4v) is 2.87. The molecule has 0 bridgehead atoms. The van der Waals surface area contributed by atoms with Gasteiger partial charge in [0.05, 0.1) is 29.7 Å². The molecule has 2 aromatic carbocycles. The van der Waals surface area contributed by atoms with Crippen LogP contribution in [0.2, 0.25) is 0 Å². The molecule has 0 aromatic heterocycles. The molecule has 5 N–H and O–H groups in total. The third kappa shape index (κ3) is 5.76. The lowest BCUT2D eigenvalue weighted by Gasteiger charge is -2.24. The van der Waals surface area contributed by atoms with Gasteiger partial charge in [0.15, 0.2) is 0 Å². The van der Waals surface area contributed by atoms with Crippen molar-refractivity contribution in [3.63, 3.8) is 0 Å². The highest BCUT2D eigenvalue weighted by atomic mass is 127. The molecule has 2 aromatic rings. The molecule has 0 fully saturated rings. The van der Waals surface area contributed by atoms with E-state index < -0.39 is 29.2 Å². The van der Waals surface area contributed by atoms with Crippen LogP contribution in [0.25, 0.3) is 0 Å². The molecule has 0 radical (unpaired) electrons. The Balaban J connectivity index is 2.30. The minimum absolute atomic E-state index is 0.0345. The second kappa shape index (κ2) is 9.01. The summed E-state index contributed by atoms with van der Waals surface area (Å²) in [5, 5.41) is 22.3. The SMILES string of the molecule is CC(C)(O)[C@H](O)CCOc1cc(F)cc(Nc2ccc(I)cc2F)c1C(N)=O. The van der Waals surface area contributed by atoms with Gasteiger partial charge in [0, 0.05) is 16.1 Å². The second-order valence-electron chi connectivity index (χ2n) is 6.75. The van der Waals surface area contributed by atoms with Gasteiger partial charge in [-0.15, -0.1) is 0 Å². The summed E-state index contributed by atoms with van der Waals surface area (Å²) in [6, 6.07) is 6.36. The van der Waals surface area contributed by atoms with Crippen LogP contribution in [0.4, 0.5) is 20.2 Å². The molecule has 0 spiro atoms. The second-order valence-corrected chi connectivity index (χ2v) is 7.99. The Hall–Kier alpha value is -1.98. The minimum Gasteiger partial charge on any atom is -0.492 e. The first-order valence-electron chi connectivity index (χ1n) is 8.37. The van der Waals surface area contributed by atoms with Gasteiger partial charge in [-0.25, -0.2) is 8.78 Å². The number of carbonyl (C=O) groups is 1. The lowest BCUT2D eigenvalue weighted by molar-refractivity contribution is -0.0557. The van der Waals surface area contributed by atoms with E-state index in [-0.39, 0.29) is 35.7 Å². The first kappa shape index (κ1) is 22.3. The molecular formula is C19H21F2IN2O4. The monoisotopic (exact) mass is 506 g/mol. The third-order valence-corrected chi connectivity index (χ3v) is 4.65. The van der Waals surface area contributed by atoms with E-state index in [1.54, 1.807) is 6.07 Å². The van der Waals surface area contributed by atoms with Crippen molar-refractivity contribution in [2.75, 3.05) is 11.9 Å². The number of rotatable bonds is 8. The smallest absolute Gasteiger partial charge is 0.254 e. The molecule has 0 aliphatic rings. The quantitative estimate of drug-likeness (QED) is 0.412. The number of anilines is 2. The van der Waals surface area contributed by atoms with Crippen LogP contribution >= 0.6 is 22.6 Å². The first-order valence-corrected chi connectivity index (χ1v) is 9.45. The predicted molar refractivity (Wildman–Crippen MR) is 110 cm³/mol. The number of amides is 1. The Bertz CT molecular complexity index is 872. The standard InChI is InChI=1S/C19H21F2IN2O4/c1-19(2,27)16(25)5-6-28-15-8-10(20)7-14(17(15)18(23)26)24-13-4-3-11(22)9-12(13)21/h3-4,7-9,16,24-25,27H,5-6H2,1-2H3,(H2,23,26)/t16-/m1/s1. The molecule has 2 rings (SSSR count). The molecule has 0 saturated heterocycles. The van der Waals surface area contributed by atoms with Crippen LogP contribution in [0.3, 0.4) is 0 Å². The average molecular weight is 506 g/mol. The number of hydrogen-bond acceptors (Lipinski definition) is 5. The number of benzene rings is 2. The van der Waals surface area contributed by atoms with Crippen LogP contribution < -0.4 is 15.8 Å². The van der Waals surface area contributed by atoms with E-state index >= 15 is 0 Å². The number of nitrogens with two attached hydrogens (primary N) is 1. The zero-order chi connectivity index (χ0) is 21.1. The van der Waals surface area contributed by atoms with Crippen molar-refractivity contribution in [1.82, 2.24) is 0 Å². The van der Waals surface area contributed by atoms with E-state index in [4.69, 9.17) is 10.5 Å². The Morgan fingerprint density at radius 1 is 1.29 bits per heavy atom. The molecule has 6 nitrogen and oxygen atoms in total. The number of hydrogen-bond donors (Lipinski definition) is 4. The third-order valence-electron chi connectivity index (χ3n) is 3.98. The van der Waals surface area contributed by atoms with Gasteiger partial charge in [-0.05, 0) is 60.7 Å². The zero-order valence-electron chi connectivity index (χ0n) is 15.3. The van der Waals surface area contributed by atoms with Crippen molar-refractivity contribution in [1.29, 1.82) is 0 Å². The van der Waals surface area contributed by atoms with E-state index in [0.29, 0.717) is 3.57 Å². The molecule has 152 valence electrons. The molecule has 28 heavy (non-hydrogen) atoms. The number of nitrogens with one attached hydrogen (secondary N) is 1. The highest BCUT2D eigenvalue weighted by Crippen LogP contribution is 2.32. The zero-order valence-corrected chi connectivity index (χ0v) is 17.5. The largest absolute Gasteiger partial charge is 0.492 e. The van der Waals surface area contributed by atoms with Gasteiger partial charge in [-0.2, -0.15) is 0 Å². The van der Waals surface area contributed by atoms with E-state index in [2.05, 4.69) is 5.32 Å². The van der Waals surface area contributed by atoms with Gasteiger partial charge in [0.1, 0.15) is 22.9 Å². The number of aliphatic hydroxyl groups excluding tert-OH is 1. The van der Waals surface area contributed by atoms with Crippen molar-refractivity contribution >= 4 is 39.9 Å². The van der Waals surface area contributed by atoms with Crippen molar-refractivity contribution < 1.29 is 28.5 Å². The molecule has 0 unspecified atom stereocenters. The molecule has 0 aliphatic carbocycles. The number of aliphatic hydroxyl groups is 2. The summed E-state index contributed by atoms with van der Waals surface area (Å²) in [5.74, 6) is -2.35. The lowest BCUT2D eigenvalue weighted by Crippen LogP contribution is -2.36. The van der Waals surface area contributed by atoms with Gasteiger partial charge in [0.2, 0.25) is 0 Å². The highest BCUT2D eigenvalue weighted by molar-refractivity contribution is 14.1. The summed E-state index contributed by atoms with van der Waals surface area (Å²) in [6.07, 6.45) is -1.05. The van der Waals surface area contributed by atoms with Crippen LogP contribution in [0.1, 0.15) is 30.6 Å². The molecule has 0 heterocycles. The maximum Gasteiger partial charge on any atom is 0.254 e. The van der Waals surface area contributed by atoms with Crippen LogP contribution in [0.15, 0.2) is 30.3 Å². The topological polar surface area (TPSA) is 105 Å². The van der Waals surface area contributed by atoms with Crippen molar-refractivity contribution in [3.8, 4) is 5.75 Å². The van der Waals surface area contributed by atoms with Gasteiger partial charge >= 0.3 is 0 Å². The van der Waals surface area contributed by atoms with E-state index in [1.165, 1.54) is 26.0 Å². The predicted octanol–water partition coefficient (Wildman–Crippen LogP) is 3.31. The lowest BCUT2D eigenvalue weighted by atomic mass is 10.00. The summed E-state index contributed by atoms with van der Waals surface area (Å²) in [6.45, 7) is 2.77. The number of ether oxygens (including phenoxy) is 1. The van der Waals surface area contributed by atoms with Crippen LogP contribution in [-0.4, -0.2) is 34.4 Å². The summed E-state index contributed by atoms with van der Waals surface area (Å²) in [5.41, 5.74) is 3.91. The van der Waals surface area contributed by atoms with Crippen LogP contribution in [-0.2, 0) is 0 Å². The highest BCUT2D eigenvalue weighted by Gasteiger charge is 2.25. The van der Waals surface area contributed by atoms with Crippen molar-refractivity contribution in [2.24, 2.45) is 5.73 Å². The fraction of sp³-hybridized carbons (Fsp3) is 0.316. The van der Waals surface area contributed by atoms with Gasteiger partial charge in [0.25, 0.3) is 5.91 Å². The molecule has 9 heteroatoms. The average Bonchev–Trinajstić information content (AvgIpc) is 2.55. The fourth-order valence-electron chi connectivity index (χ4n) is 2.42. The van der Waals surface area contributed by atoms with E-state index in [1.807, 2.05) is 22.6 Å². The Morgan fingerprint density at radius 3 is 2.54 bits per heavy atom. The van der Waals surface area contributed by atoms with Gasteiger partial charge < -0.3 is 26.0 Å². The Labute approximate surface area is 174 Å². The summed E-state index contributed by atoms with van der Waals surface area (Å²) in [4.78, 5) is 11.9. The number of halogens is 3. The Kier molecular flexibility index (Phi) is 7.18. The van der Waals surface area contributed by atoms with E-state index in [0.717, 1.165) is 12.1 Å². The minimum atomic E-state index is -1.34. The maximum atomic E-state index is 14.1. The van der Waals surface area contributed by atoms with Crippen molar-refractivity contribution in [2.45, 2.75) is 32.0 Å². The summed E-state index contributed by atoms with van der Waals surface area (Å²) < 4.78 is 34.3. The number of carbonyl (C=O) groups excluding carboxylic acids is 1. The van der Waals surface area contributed by atoms with Gasteiger partial charge in [-0.3, -0.25) is 4.79 Å². The van der Waals surface area contributed by atoms with Crippen LogP contribution in [0.5, 0.6) is 5.75 Å².